The molecule has 0 aliphatic carbocycles. The van der Waals surface area contributed by atoms with Gasteiger partial charge in [-0.1, -0.05) is 33.6 Å². The smallest absolute Gasteiger partial charge is 0.290 e. The van der Waals surface area contributed by atoms with Gasteiger partial charge in [-0.25, -0.2) is 4.98 Å². The topological polar surface area (TPSA) is 70.7 Å². The first-order valence-corrected chi connectivity index (χ1v) is 6.40. The largest absolute Gasteiger partial charge is 0.349 e. The minimum atomic E-state index is -0.185. The summed E-state index contributed by atoms with van der Waals surface area (Å²) in [5, 5.41) is 9.57. The molecule has 0 bridgehead atoms. The Morgan fingerprint density at radius 2 is 2.06 bits per heavy atom. The maximum atomic E-state index is 11.7. The fraction of sp³-hybridized carbons (Fsp3) is 0.750. The number of hydrogen-bond donors (Lipinski definition) is 2. The molecule has 0 aliphatic heterocycles. The number of aromatic nitrogens is 3. The predicted molar refractivity (Wildman–Crippen MR) is 66.8 cm³/mol. The lowest BCUT2D eigenvalue weighted by Crippen LogP contribution is -2.29. The zero-order valence-electron chi connectivity index (χ0n) is 10.9. The molecule has 5 nitrogen and oxygen atoms in total. The standard InChI is InChI=1S/C12H22N4O/c1-4-7-10-14-11(16-15-10)12(17)13-8-9(5-2)6-3/h9H,4-8H2,1-3H3,(H,13,17)(H,14,15,16). The van der Waals surface area contributed by atoms with Crippen LogP contribution in [0.15, 0.2) is 0 Å². The van der Waals surface area contributed by atoms with Crippen molar-refractivity contribution < 1.29 is 4.79 Å². The molecule has 1 heterocycles. The summed E-state index contributed by atoms with van der Waals surface area (Å²) in [6.07, 6.45) is 3.97. The zero-order chi connectivity index (χ0) is 12.7. The number of rotatable bonds is 7. The van der Waals surface area contributed by atoms with E-state index in [0.29, 0.717) is 12.5 Å². The van der Waals surface area contributed by atoms with Gasteiger partial charge in [0.05, 0.1) is 0 Å². The van der Waals surface area contributed by atoms with Crippen LogP contribution in [-0.4, -0.2) is 27.6 Å². The Morgan fingerprint density at radius 3 is 2.65 bits per heavy atom. The zero-order valence-corrected chi connectivity index (χ0v) is 10.9. The van der Waals surface area contributed by atoms with E-state index >= 15 is 0 Å². The molecule has 17 heavy (non-hydrogen) atoms. The number of nitrogens with one attached hydrogen (secondary N) is 2. The Hall–Kier alpha value is -1.39. The van der Waals surface area contributed by atoms with Gasteiger partial charge >= 0.3 is 0 Å². The Bertz CT molecular complexity index is 344. The fourth-order valence-electron chi connectivity index (χ4n) is 1.64. The van der Waals surface area contributed by atoms with Crippen LogP contribution in [0.1, 0.15) is 56.5 Å². The number of aromatic amines is 1. The SMILES string of the molecule is CCCc1nc(C(=O)NCC(CC)CC)n[nH]1. The molecule has 5 heteroatoms. The average molecular weight is 238 g/mol. The molecule has 0 saturated carbocycles. The highest BCUT2D eigenvalue weighted by Gasteiger charge is 2.13. The second-order valence-electron chi connectivity index (χ2n) is 4.25. The van der Waals surface area contributed by atoms with E-state index in [1.807, 2.05) is 0 Å². The first kappa shape index (κ1) is 13.7. The summed E-state index contributed by atoms with van der Waals surface area (Å²) in [5.41, 5.74) is 0. The molecule has 96 valence electrons. The van der Waals surface area contributed by atoms with Gasteiger partial charge in [-0.3, -0.25) is 9.89 Å². The van der Waals surface area contributed by atoms with E-state index in [0.717, 1.165) is 31.5 Å². The Balaban J connectivity index is 2.46. The van der Waals surface area contributed by atoms with Crippen molar-refractivity contribution in [1.82, 2.24) is 20.5 Å². The summed E-state index contributed by atoms with van der Waals surface area (Å²) in [6, 6.07) is 0. The Morgan fingerprint density at radius 1 is 1.35 bits per heavy atom. The van der Waals surface area contributed by atoms with Crippen LogP contribution >= 0.6 is 0 Å². The van der Waals surface area contributed by atoms with Crippen molar-refractivity contribution in [2.45, 2.75) is 46.5 Å². The van der Waals surface area contributed by atoms with Crippen molar-refractivity contribution in [3.05, 3.63) is 11.6 Å². The second kappa shape index (κ2) is 7.04. The average Bonchev–Trinajstić information content (AvgIpc) is 2.79. The molecule has 1 amide bonds. The van der Waals surface area contributed by atoms with Crippen LogP contribution in [0, 0.1) is 5.92 Å². The predicted octanol–water partition coefficient (Wildman–Crippen LogP) is 1.92. The van der Waals surface area contributed by atoms with Crippen LogP contribution in [0.4, 0.5) is 0 Å². The first-order chi connectivity index (χ1) is 8.21. The molecule has 1 aromatic rings. The number of amides is 1. The number of H-pyrrole nitrogens is 1. The van der Waals surface area contributed by atoms with E-state index in [-0.39, 0.29) is 11.7 Å². The van der Waals surface area contributed by atoms with Crippen LogP contribution in [0.5, 0.6) is 0 Å². The second-order valence-corrected chi connectivity index (χ2v) is 4.25. The summed E-state index contributed by atoms with van der Waals surface area (Å²) in [4.78, 5) is 15.9. The molecule has 2 N–H and O–H groups in total. The van der Waals surface area contributed by atoms with Gasteiger partial charge in [0.2, 0.25) is 5.82 Å². The molecular weight excluding hydrogens is 216 g/mol. The van der Waals surface area contributed by atoms with Crippen LogP contribution in [0.3, 0.4) is 0 Å². The third-order valence-corrected chi connectivity index (χ3v) is 2.93. The monoisotopic (exact) mass is 238 g/mol. The number of carbonyl (C=O) groups is 1. The summed E-state index contributed by atoms with van der Waals surface area (Å²) in [5.74, 6) is 1.38. The van der Waals surface area contributed by atoms with Crippen LogP contribution in [0.2, 0.25) is 0 Å². The maximum absolute atomic E-state index is 11.7. The maximum Gasteiger partial charge on any atom is 0.290 e. The summed E-state index contributed by atoms with van der Waals surface area (Å²) >= 11 is 0. The highest BCUT2D eigenvalue weighted by Crippen LogP contribution is 2.05. The van der Waals surface area contributed by atoms with Gasteiger partial charge in [0, 0.05) is 13.0 Å². The number of hydrogen-bond acceptors (Lipinski definition) is 3. The minimum absolute atomic E-state index is 0.185. The minimum Gasteiger partial charge on any atom is -0.349 e. The highest BCUT2D eigenvalue weighted by molar-refractivity contribution is 5.90. The fourth-order valence-corrected chi connectivity index (χ4v) is 1.64. The van der Waals surface area contributed by atoms with Gasteiger partial charge in [0.25, 0.3) is 5.91 Å². The summed E-state index contributed by atoms with van der Waals surface area (Å²) < 4.78 is 0. The van der Waals surface area contributed by atoms with Crippen molar-refractivity contribution in [2.75, 3.05) is 6.54 Å². The van der Waals surface area contributed by atoms with Crippen molar-refractivity contribution in [1.29, 1.82) is 0 Å². The lowest BCUT2D eigenvalue weighted by molar-refractivity contribution is 0.0936. The molecule has 0 fully saturated rings. The van der Waals surface area contributed by atoms with Gasteiger partial charge in [-0.15, -0.1) is 5.10 Å². The van der Waals surface area contributed by atoms with Crippen molar-refractivity contribution in [2.24, 2.45) is 5.92 Å². The molecule has 0 saturated heterocycles. The molecular formula is C12H22N4O. The lowest BCUT2D eigenvalue weighted by atomic mass is 10.0. The van der Waals surface area contributed by atoms with E-state index in [2.05, 4.69) is 41.3 Å². The molecule has 1 aromatic heterocycles. The van der Waals surface area contributed by atoms with Crippen molar-refractivity contribution in [3.63, 3.8) is 0 Å². The van der Waals surface area contributed by atoms with Crippen LogP contribution in [-0.2, 0) is 6.42 Å². The molecule has 0 radical (unpaired) electrons. The van der Waals surface area contributed by atoms with Crippen LogP contribution < -0.4 is 5.32 Å². The molecule has 1 rings (SSSR count). The molecule has 0 aromatic carbocycles. The van der Waals surface area contributed by atoms with Crippen molar-refractivity contribution >= 4 is 5.91 Å². The van der Waals surface area contributed by atoms with Gasteiger partial charge in [-0.05, 0) is 12.3 Å². The summed E-state index contributed by atoms with van der Waals surface area (Å²) in [7, 11) is 0. The molecule has 0 atom stereocenters. The van der Waals surface area contributed by atoms with E-state index in [4.69, 9.17) is 0 Å². The Kier molecular flexibility index (Phi) is 5.66. The third-order valence-electron chi connectivity index (χ3n) is 2.93. The van der Waals surface area contributed by atoms with E-state index in [9.17, 15) is 4.79 Å². The number of aryl methyl sites for hydroxylation is 1. The quantitative estimate of drug-likeness (QED) is 0.762. The molecule has 0 unspecified atom stereocenters. The van der Waals surface area contributed by atoms with Crippen LogP contribution in [0.25, 0.3) is 0 Å². The van der Waals surface area contributed by atoms with E-state index < -0.39 is 0 Å². The van der Waals surface area contributed by atoms with E-state index in [1.165, 1.54) is 0 Å². The highest BCUT2D eigenvalue weighted by atomic mass is 16.2. The lowest BCUT2D eigenvalue weighted by Gasteiger charge is -2.11. The number of nitrogens with zero attached hydrogens (tertiary/aromatic N) is 2. The van der Waals surface area contributed by atoms with Gasteiger partial charge < -0.3 is 5.32 Å². The summed E-state index contributed by atoms with van der Waals surface area (Å²) in [6.45, 7) is 7.03. The van der Waals surface area contributed by atoms with Gasteiger partial charge in [-0.2, -0.15) is 0 Å². The number of carbonyl (C=O) groups excluding carboxylic acids is 1. The molecule has 0 spiro atoms. The van der Waals surface area contributed by atoms with Gasteiger partial charge in [0.15, 0.2) is 0 Å². The third kappa shape index (κ3) is 4.17. The van der Waals surface area contributed by atoms with Gasteiger partial charge in [0.1, 0.15) is 5.82 Å². The first-order valence-electron chi connectivity index (χ1n) is 6.40. The van der Waals surface area contributed by atoms with Crippen molar-refractivity contribution in [3.8, 4) is 0 Å². The Labute approximate surface area is 102 Å². The van der Waals surface area contributed by atoms with E-state index in [1.54, 1.807) is 0 Å². The molecule has 0 aliphatic rings. The normalized spacial score (nSPS) is 10.8.